The lowest BCUT2D eigenvalue weighted by molar-refractivity contribution is -0.126. The molecule has 0 radical (unpaired) electrons. The van der Waals surface area contributed by atoms with Crippen LogP contribution in [0.4, 0.5) is 5.69 Å². The standard InChI is InChI=1S/C25H29N3O2/c26-23(29)17-28-22-8-4-2-6-19(22)15-20(24(28)30)16-27-13-11-25(12-14-27)10-9-18-5-1-3-7-21(18)25/h1-8,20H,9-17H2,(H2,26,29). The van der Waals surface area contributed by atoms with Gasteiger partial charge in [0.25, 0.3) is 0 Å². The van der Waals surface area contributed by atoms with Crippen LogP contribution in [0.3, 0.4) is 0 Å². The maximum atomic E-state index is 13.2. The first kappa shape index (κ1) is 19.3. The van der Waals surface area contributed by atoms with E-state index in [-0.39, 0.29) is 18.4 Å². The molecule has 2 amide bonds. The molecule has 5 rings (SSSR count). The summed E-state index contributed by atoms with van der Waals surface area (Å²) >= 11 is 0. The highest BCUT2D eigenvalue weighted by Crippen LogP contribution is 2.46. The molecular formula is C25H29N3O2. The Morgan fingerprint density at radius 2 is 1.70 bits per heavy atom. The number of carbonyl (C=O) groups is 2. The van der Waals surface area contributed by atoms with Crippen LogP contribution in [-0.4, -0.2) is 42.9 Å². The molecule has 3 aliphatic rings. The van der Waals surface area contributed by atoms with E-state index < -0.39 is 5.91 Å². The van der Waals surface area contributed by atoms with Crippen molar-refractivity contribution in [3.63, 3.8) is 0 Å². The van der Waals surface area contributed by atoms with Crippen molar-refractivity contribution in [1.29, 1.82) is 0 Å². The molecule has 0 bridgehead atoms. The summed E-state index contributed by atoms with van der Waals surface area (Å²) in [6.07, 6.45) is 5.49. The van der Waals surface area contributed by atoms with Gasteiger partial charge in [0.1, 0.15) is 6.54 Å². The number of nitrogens with zero attached hydrogens (tertiary/aromatic N) is 2. The molecule has 5 heteroatoms. The number of anilines is 1. The molecule has 156 valence electrons. The fourth-order valence-corrected chi connectivity index (χ4v) is 5.86. The van der Waals surface area contributed by atoms with E-state index in [2.05, 4.69) is 35.2 Å². The van der Waals surface area contributed by atoms with Crippen molar-refractivity contribution >= 4 is 17.5 Å². The van der Waals surface area contributed by atoms with Crippen LogP contribution < -0.4 is 10.6 Å². The topological polar surface area (TPSA) is 66.6 Å². The van der Waals surface area contributed by atoms with Gasteiger partial charge in [0.15, 0.2) is 0 Å². The zero-order valence-corrected chi connectivity index (χ0v) is 17.3. The summed E-state index contributed by atoms with van der Waals surface area (Å²) in [6, 6.07) is 16.8. The minimum absolute atomic E-state index is 0.0269. The number of hydrogen-bond donors (Lipinski definition) is 1. The fourth-order valence-electron chi connectivity index (χ4n) is 5.86. The molecule has 2 heterocycles. The minimum atomic E-state index is -0.474. The average molecular weight is 404 g/mol. The molecule has 1 spiro atoms. The van der Waals surface area contributed by atoms with Crippen LogP contribution >= 0.6 is 0 Å². The van der Waals surface area contributed by atoms with E-state index in [1.165, 1.54) is 18.4 Å². The third-order valence-corrected chi connectivity index (χ3v) is 7.43. The number of hydrogen-bond acceptors (Lipinski definition) is 3. The number of carbonyl (C=O) groups excluding carboxylic acids is 2. The predicted octanol–water partition coefficient (Wildman–Crippen LogP) is 2.66. The second-order valence-electron chi connectivity index (χ2n) is 9.16. The maximum absolute atomic E-state index is 13.2. The molecule has 2 N–H and O–H groups in total. The van der Waals surface area contributed by atoms with Crippen LogP contribution in [0.1, 0.15) is 36.0 Å². The number of benzene rings is 2. The molecule has 2 aromatic rings. The monoisotopic (exact) mass is 403 g/mol. The summed E-state index contributed by atoms with van der Waals surface area (Å²) in [5.41, 5.74) is 10.8. The van der Waals surface area contributed by atoms with Crippen LogP contribution in [0.5, 0.6) is 0 Å². The highest BCUT2D eigenvalue weighted by atomic mass is 16.2. The van der Waals surface area contributed by atoms with Crippen molar-refractivity contribution in [2.75, 3.05) is 31.1 Å². The van der Waals surface area contributed by atoms with E-state index in [9.17, 15) is 9.59 Å². The maximum Gasteiger partial charge on any atom is 0.237 e. The van der Waals surface area contributed by atoms with Crippen molar-refractivity contribution in [3.05, 3.63) is 65.2 Å². The van der Waals surface area contributed by atoms with Crippen molar-refractivity contribution < 1.29 is 9.59 Å². The summed E-state index contributed by atoms with van der Waals surface area (Å²) in [6.45, 7) is 2.75. The van der Waals surface area contributed by atoms with Crippen LogP contribution in [0.2, 0.25) is 0 Å². The molecule has 1 unspecified atom stereocenters. The second-order valence-corrected chi connectivity index (χ2v) is 9.16. The number of likely N-dealkylation sites (tertiary alicyclic amines) is 1. The number of nitrogens with two attached hydrogens (primary N) is 1. The fraction of sp³-hybridized carbons (Fsp3) is 0.440. The number of piperidine rings is 1. The van der Waals surface area contributed by atoms with Gasteiger partial charge in [-0.3, -0.25) is 9.59 Å². The molecule has 2 aromatic carbocycles. The van der Waals surface area contributed by atoms with Crippen molar-refractivity contribution in [2.24, 2.45) is 11.7 Å². The van der Waals surface area contributed by atoms with E-state index in [1.807, 2.05) is 18.2 Å². The molecule has 1 atom stereocenters. The van der Waals surface area contributed by atoms with Crippen LogP contribution in [0.25, 0.3) is 0 Å². The SMILES string of the molecule is NC(=O)CN1C(=O)C(CN2CCC3(CCc4ccccc43)CC2)Cc2ccccc21. The molecule has 30 heavy (non-hydrogen) atoms. The van der Waals surface area contributed by atoms with Gasteiger partial charge in [0.2, 0.25) is 11.8 Å². The van der Waals surface area contributed by atoms with Gasteiger partial charge in [-0.05, 0) is 73.4 Å². The Kier molecular flexibility index (Phi) is 4.86. The smallest absolute Gasteiger partial charge is 0.237 e. The average Bonchev–Trinajstić information content (AvgIpc) is 3.11. The van der Waals surface area contributed by atoms with Crippen LogP contribution in [0, 0.1) is 5.92 Å². The molecular weight excluding hydrogens is 374 g/mol. The molecule has 1 fully saturated rings. The van der Waals surface area contributed by atoms with Gasteiger partial charge in [-0.2, -0.15) is 0 Å². The summed E-state index contributed by atoms with van der Waals surface area (Å²) in [5.74, 6) is -0.568. The van der Waals surface area contributed by atoms with Crippen molar-refractivity contribution in [1.82, 2.24) is 4.90 Å². The van der Waals surface area contributed by atoms with E-state index >= 15 is 0 Å². The summed E-state index contributed by atoms with van der Waals surface area (Å²) in [7, 11) is 0. The normalized spacial score (nSPS) is 22.7. The number of amides is 2. The Morgan fingerprint density at radius 3 is 2.47 bits per heavy atom. The Hall–Kier alpha value is -2.66. The molecule has 0 saturated carbocycles. The summed E-state index contributed by atoms with van der Waals surface area (Å²) in [4.78, 5) is 28.8. The Bertz CT molecular complexity index is 978. The number of rotatable bonds is 4. The molecule has 0 aromatic heterocycles. The van der Waals surface area contributed by atoms with Crippen molar-refractivity contribution in [3.8, 4) is 0 Å². The minimum Gasteiger partial charge on any atom is -0.368 e. The van der Waals surface area contributed by atoms with Crippen LogP contribution in [0.15, 0.2) is 48.5 Å². The first-order valence-electron chi connectivity index (χ1n) is 11.0. The lowest BCUT2D eigenvalue weighted by Gasteiger charge is -2.42. The molecule has 5 nitrogen and oxygen atoms in total. The zero-order valence-electron chi connectivity index (χ0n) is 17.3. The highest BCUT2D eigenvalue weighted by Gasteiger charge is 2.42. The van der Waals surface area contributed by atoms with Crippen LogP contribution in [-0.2, 0) is 27.8 Å². The number of aryl methyl sites for hydroxylation is 1. The highest BCUT2D eigenvalue weighted by molar-refractivity contribution is 6.02. The Balaban J connectivity index is 1.29. The first-order chi connectivity index (χ1) is 14.6. The lowest BCUT2D eigenvalue weighted by Crippen LogP contribution is -2.50. The largest absolute Gasteiger partial charge is 0.368 e. The Labute approximate surface area is 177 Å². The van der Waals surface area contributed by atoms with E-state index in [4.69, 9.17) is 5.73 Å². The molecule has 1 saturated heterocycles. The lowest BCUT2D eigenvalue weighted by atomic mass is 9.73. The third kappa shape index (κ3) is 3.31. The number of primary amides is 1. The first-order valence-corrected chi connectivity index (χ1v) is 11.0. The molecule has 2 aliphatic heterocycles. The number of para-hydroxylation sites is 1. The van der Waals surface area contributed by atoms with E-state index in [0.29, 0.717) is 5.41 Å². The van der Waals surface area contributed by atoms with Gasteiger partial charge in [-0.1, -0.05) is 42.5 Å². The quantitative estimate of drug-likeness (QED) is 0.854. The molecule has 1 aliphatic carbocycles. The predicted molar refractivity (Wildman–Crippen MR) is 117 cm³/mol. The third-order valence-electron chi connectivity index (χ3n) is 7.43. The van der Waals surface area contributed by atoms with Gasteiger partial charge >= 0.3 is 0 Å². The Morgan fingerprint density at radius 1 is 1.00 bits per heavy atom. The summed E-state index contributed by atoms with van der Waals surface area (Å²) < 4.78 is 0. The van der Waals surface area contributed by atoms with Gasteiger partial charge in [0.05, 0.1) is 5.92 Å². The number of fused-ring (bicyclic) bond motifs is 3. The van der Waals surface area contributed by atoms with Crippen molar-refractivity contribution in [2.45, 2.75) is 37.5 Å². The summed E-state index contributed by atoms with van der Waals surface area (Å²) in [5, 5.41) is 0. The van der Waals surface area contributed by atoms with Gasteiger partial charge < -0.3 is 15.5 Å². The van der Waals surface area contributed by atoms with E-state index in [0.717, 1.165) is 50.1 Å². The second kappa shape index (κ2) is 7.55. The van der Waals surface area contributed by atoms with Gasteiger partial charge in [-0.15, -0.1) is 0 Å². The zero-order chi connectivity index (χ0) is 20.7. The van der Waals surface area contributed by atoms with Gasteiger partial charge in [-0.25, -0.2) is 0 Å². The van der Waals surface area contributed by atoms with E-state index in [1.54, 1.807) is 10.5 Å². The van der Waals surface area contributed by atoms with Gasteiger partial charge in [0, 0.05) is 12.2 Å².